The topological polar surface area (TPSA) is 57.5 Å². The molecule has 0 saturated carbocycles. The molecule has 0 spiro atoms. The molecule has 0 saturated heterocycles. The van der Waals surface area contributed by atoms with Crippen molar-refractivity contribution in [3.05, 3.63) is 60.2 Å². The number of aliphatic hydroxyl groups is 2. The van der Waals surface area contributed by atoms with E-state index in [-0.39, 0.29) is 6.42 Å². The van der Waals surface area contributed by atoms with Crippen LogP contribution in [0.1, 0.15) is 18.1 Å². The molecule has 0 fully saturated rings. The van der Waals surface area contributed by atoms with Gasteiger partial charge in [0.1, 0.15) is 11.7 Å². The fraction of sp³-hybridized carbons (Fsp3) is 0.214. The molecule has 1 aliphatic carbocycles. The van der Waals surface area contributed by atoms with E-state index in [1.54, 1.807) is 48.6 Å². The quantitative estimate of drug-likeness (QED) is 0.828. The zero-order valence-electron chi connectivity index (χ0n) is 9.28. The summed E-state index contributed by atoms with van der Waals surface area (Å²) in [5.74, 6) is -0.593. The van der Waals surface area contributed by atoms with Crippen molar-refractivity contribution >= 4 is 5.78 Å². The highest BCUT2D eigenvalue weighted by atomic mass is 16.3. The van der Waals surface area contributed by atoms with Gasteiger partial charge < -0.3 is 10.2 Å². The lowest BCUT2D eigenvalue weighted by molar-refractivity contribution is -0.141. The highest BCUT2D eigenvalue weighted by Gasteiger charge is 2.37. The van der Waals surface area contributed by atoms with Crippen LogP contribution in [0.3, 0.4) is 0 Å². The van der Waals surface area contributed by atoms with Crippen LogP contribution >= 0.6 is 0 Å². The van der Waals surface area contributed by atoms with E-state index in [9.17, 15) is 15.0 Å². The van der Waals surface area contributed by atoms with E-state index in [4.69, 9.17) is 0 Å². The Bertz CT molecular complexity index is 462. The Labute approximate surface area is 99.7 Å². The average Bonchev–Trinajstić information content (AvgIpc) is 2.39. The molecule has 1 aliphatic rings. The maximum Gasteiger partial charge on any atom is 0.201 e. The highest BCUT2D eigenvalue weighted by molar-refractivity contribution is 5.94. The second kappa shape index (κ2) is 4.65. The van der Waals surface area contributed by atoms with Gasteiger partial charge in [-0.2, -0.15) is 0 Å². The zero-order valence-corrected chi connectivity index (χ0v) is 9.28. The number of hydrogen-bond donors (Lipinski definition) is 2. The maximum atomic E-state index is 12.0. The van der Waals surface area contributed by atoms with Crippen LogP contribution < -0.4 is 0 Å². The molecule has 0 bridgehead atoms. The molecule has 0 aromatic heterocycles. The van der Waals surface area contributed by atoms with Crippen LogP contribution in [0.4, 0.5) is 0 Å². The zero-order chi connectivity index (χ0) is 12.3. The Morgan fingerprint density at radius 2 is 1.94 bits per heavy atom. The van der Waals surface area contributed by atoms with E-state index in [0.717, 1.165) is 0 Å². The Morgan fingerprint density at radius 1 is 1.24 bits per heavy atom. The first-order valence-electron chi connectivity index (χ1n) is 5.47. The summed E-state index contributed by atoms with van der Waals surface area (Å²) in [5.41, 5.74) is -1.10. The van der Waals surface area contributed by atoms with Crippen molar-refractivity contribution in [1.82, 2.24) is 0 Å². The van der Waals surface area contributed by atoms with Crippen LogP contribution in [0.25, 0.3) is 0 Å². The van der Waals surface area contributed by atoms with Crippen LogP contribution in [0.15, 0.2) is 54.6 Å². The van der Waals surface area contributed by atoms with Crippen LogP contribution in [0.2, 0.25) is 0 Å². The van der Waals surface area contributed by atoms with Crippen molar-refractivity contribution in [2.75, 3.05) is 0 Å². The van der Waals surface area contributed by atoms with Crippen molar-refractivity contribution < 1.29 is 15.0 Å². The Hall–Kier alpha value is -1.71. The van der Waals surface area contributed by atoms with E-state index >= 15 is 0 Å². The predicted molar refractivity (Wildman–Crippen MR) is 64.3 cm³/mol. The molecule has 1 aromatic rings. The Morgan fingerprint density at radius 3 is 2.53 bits per heavy atom. The molecule has 17 heavy (non-hydrogen) atoms. The summed E-state index contributed by atoms with van der Waals surface area (Å²) >= 11 is 0. The fourth-order valence-electron chi connectivity index (χ4n) is 1.82. The smallest absolute Gasteiger partial charge is 0.201 e. The molecular weight excluding hydrogens is 216 g/mol. The van der Waals surface area contributed by atoms with Crippen LogP contribution in [0, 0.1) is 0 Å². The van der Waals surface area contributed by atoms with Gasteiger partial charge in [-0.1, -0.05) is 48.6 Å². The third-order valence-electron chi connectivity index (χ3n) is 2.84. The largest absolute Gasteiger partial charge is 0.380 e. The monoisotopic (exact) mass is 230 g/mol. The van der Waals surface area contributed by atoms with Crippen molar-refractivity contribution in [2.24, 2.45) is 0 Å². The number of ketones is 1. The van der Waals surface area contributed by atoms with Gasteiger partial charge in [0, 0.05) is 6.42 Å². The van der Waals surface area contributed by atoms with E-state index < -0.39 is 17.5 Å². The molecule has 1 aromatic carbocycles. The van der Waals surface area contributed by atoms with Crippen molar-refractivity contribution in [2.45, 2.75) is 18.1 Å². The number of benzene rings is 1. The number of carbonyl (C=O) groups excluding carboxylic acids is 1. The number of Topliss-reactive ketones (excluding diaryl/α,β-unsaturated/α-hetero) is 1. The summed E-state index contributed by atoms with van der Waals surface area (Å²) in [6.07, 6.45) is 5.40. The summed E-state index contributed by atoms with van der Waals surface area (Å²) in [6.45, 7) is 0. The van der Waals surface area contributed by atoms with E-state index in [0.29, 0.717) is 5.56 Å². The van der Waals surface area contributed by atoms with Crippen LogP contribution in [-0.4, -0.2) is 21.6 Å². The lowest BCUT2D eigenvalue weighted by Crippen LogP contribution is -2.40. The fourth-order valence-corrected chi connectivity index (χ4v) is 1.82. The molecule has 0 aliphatic heterocycles. The second-order valence-electron chi connectivity index (χ2n) is 4.09. The molecule has 0 unspecified atom stereocenters. The summed E-state index contributed by atoms with van der Waals surface area (Å²) in [4.78, 5) is 12.0. The molecular formula is C14H14O3. The van der Waals surface area contributed by atoms with Crippen molar-refractivity contribution in [3.8, 4) is 0 Å². The maximum absolute atomic E-state index is 12.0. The molecule has 2 N–H and O–H groups in total. The van der Waals surface area contributed by atoms with Gasteiger partial charge in [0.25, 0.3) is 0 Å². The second-order valence-corrected chi connectivity index (χ2v) is 4.09. The number of aliphatic hydroxyl groups excluding tert-OH is 1. The minimum Gasteiger partial charge on any atom is -0.380 e. The standard InChI is InChI=1S/C14H14O3/c15-12(11-7-3-1-4-8-11)13(16)14(17)9-5-2-6-10-14/h1-9,12,15,17H,10H2/t12-,14+/m0/s1. The first-order valence-corrected chi connectivity index (χ1v) is 5.47. The molecule has 0 heterocycles. The van der Waals surface area contributed by atoms with Crippen molar-refractivity contribution in [3.63, 3.8) is 0 Å². The van der Waals surface area contributed by atoms with Gasteiger partial charge in [-0.3, -0.25) is 4.79 Å². The van der Waals surface area contributed by atoms with Gasteiger partial charge in [0.2, 0.25) is 5.78 Å². The van der Waals surface area contributed by atoms with Gasteiger partial charge >= 0.3 is 0 Å². The van der Waals surface area contributed by atoms with Gasteiger partial charge in [-0.15, -0.1) is 0 Å². The summed E-state index contributed by atoms with van der Waals surface area (Å²) in [5, 5.41) is 20.1. The lowest BCUT2D eigenvalue weighted by atomic mass is 9.86. The average molecular weight is 230 g/mol. The molecule has 88 valence electrons. The number of rotatable bonds is 3. The molecule has 0 radical (unpaired) electrons. The first-order chi connectivity index (χ1) is 8.13. The summed E-state index contributed by atoms with van der Waals surface area (Å²) in [6, 6.07) is 8.61. The van der Waals surface area contributed by atoms with Gasteiger partial charge in [-0.05, 0) is 11.6 Å². The first kappa shape index (κ1) is 11.8. The molecule has 2 rings (SSSR count). The minimum atomic E-state index is -1.59. The minimum absolute atomic E-state index is 0.201. The molecule has 0 amide bonds. The number of allylic oxidation sites excluding steroid dienone is 2. The molecule has 2 atom stereocenters. The van der Waals surface area contributed by atoms with E-state index in [2.05, 4.69) is 0 Å². The van der Waals surface area contributed by atoms with Gasteiger partial charge in [0.05, 0.1) is 0 Å². The lowest BCUT2D eigenvalue weighted by Gasteiger charge is -2.26. The summed E-state index contributed by atoms with van der Waals surface area (Å²) in [7, 11) is 0. The normalized spacial score (nSPS) is 24.6. The van der Waals surface area contributed by atoms with Crippen LogP contribution in [-0.2, 0) is 4.79 Å². The summed E-state index contributed by atoms with van der Waals surface area (Å²) < 4.78 is 0. The van der Waals surface area contributed by atoms with Gasteiger partial charge in [0.15, 0.2) is 0 Å². The van der Waals surface area contributed by atoms with Crippen LogP contribution in [0.5, 0.6) is 0 Å². The molecule has 3 heteroatoms. The van der Waals surface area contributed by atoms with Crippen molar-refractivity contribution in [1.29, 1.82) is 0 Å². The van der Waals surface area contributed by atoms with E-state index in [1.165, 1.54) is 6.08 Å². The Balaban J connectivity index is 2.21. The predicted octanol–water partition coefficient (Wildman–Crippen LogP) is 1.54. The number of carbonyl (C=O) groups is 1. The highest BCUT2D eigenvalue weighted by Crippen LogP contribution is 2.26. The molecule has 3 nitrogen and oxygen atoms in total. The third-order valence-corrected chi connectivity index (χ3v) is 2.84. The number of hydrogen-bond acceptors (Lipinski definition) is 3. The van der Waals surface area contributed by atoms with E-state index in [1.807, 2.05) is 0 Å². The SMILES string of the molecule is O=C([C@@H](O)c1ccccc1)[C@@]1(O)C=CC=CC1. The Kier molecular flexibility index (Phi) is 3.22. The van der Waals surface area contributed by atoms with Gasteiger partial charge in [-0.25, -0.2) is 0 Å². The third kappa shape index (κ3) is 2.35.